The van der Waals surface area contributed by atoms with Gasteiger partial charge in [0.15, 0.2) is 0 Å². The summed E-state index contributed by atoms with van der Waals surface area (Å²) in [4.78, 5) is 13.2. The summed E-state index contributed by atoms with van der Waals surface area (Å²) in [5.41, 5.74) is 2.61. The largest absolute Gasteiger partial charge is 0.344 e. The van der Waals surface area contributed by atoms with E-state index in [9.17, 15) is 4.79 Å². The predicted molar refractivity (Wildman–Crippen MR) is 74.5 cm³/mol. The fraction of sp³-hybridized carbons (Fsp3) is 0.133. The van der Waals surface area contributed by atoms with E-state index in [2.05, 4.69) is 0 Å². The van der Waals surface area contributed by atoms with Crippen LogP contribution in [0.25, 0.3) is 5.57 Å². The Bertz CT molecular complexity index is 716. The zero-order valence-electron chi connectivity index (χ0n) is 12.5. The van der Waals surface area contributed by atoms with Crippen LogP contribution in [0.3, 0.4) is 0 Å². The zero-order valence-corrected chi connectivity index (χ0v) is 10.2. The number of anilines is 1. The Balaban J connectivity index is 2.36. The Morgan fingerprint density at radius 3 is 3.06 bits per heavy atom. The van der Waals surface area contributed by atoms with Gasteiger partial charge in [0.05, 0.1) is 0 Å². The summed E-state index contributed by atoms with van der Waals surface area (Å²) >= 11 is 5.76. The molecular weight excluding hydrogens is 246 g/mol. The summed E-state index contributed by atoms with van der Waals surface area (Å²) in [6.07, 6.45) is 5.87. The van der Waals surface area contributed by atoms with Gasteiger partial charge in [-0.3, -0.25) is 4.79 Å². The number of fused-ring (bicyclic) bond motifs is 2. The van der Waals surface area contributed by atoms with Crippen molar-refractivity contribution in [3.8, 4) is 0 Å². The highest BCUT2D eigenvalue weighted by molar-refractivity contribution is 6.74. The second-order valence-electron chi connectivity index (χ2n) is 4.16. The number of carbonyl (C=O) groups excluding carboxylic acids is 1. The molecule has 0 atom stereocenters. The third kappa shape index (κ3) is 1.53. The summed E-state index contributed by atoms with van der Waals surface area (Å²) in [7, 11) is 0. The molecule has 18 heavy (non-hydrogen) atoms. The van der Waals surface area contributed by atoms with Crippen LogP contribution in [0.2, 0.25) is 0 Å². The maximum atomic E-state index is 11.9. The van der Waals surface area contributed by atoms with E-state index in [0.717, 1.165) is 0 Å². The van der Waals surface area contributed by atoms with E-state index >= 15 is 0 Å². The second kappa shape index (κ2) is 4.14. The van der Waals surface area contributed by atoms with Crippen molar-refractivity contribution in [3.63, 3.8) is 0 Å². The van der Waals surface area contributed by atoms with Crippen LogP contribution >= 0.6 is 11.6 Å². The lowest BCUT2D eigenvalue weighted by Gasteiger charge is -2.33. The first kappa shape index (κ1) is 8.33. The lowest BCUT2D eigenvalue weighted by molar-refractivity contribution is -0.106. The van der Waals surface area contributed by atoms with E-state index in [1.54, 1.807) is 36.4 Å². The minimum Gasteiger partial charge on any atom is -0.344 e. The van der Waals surface area contributed by atoms with Gasteiger partial charge in [-0.25, -0.2) is 0 Å². The highest BCUT2D eigenvalue weighted by Gasteiger charge is 2.29. The van der Waals surface area contributed by atoms with Crippen LogP contribution in [0.15, 0.2) is 53.8 Å². The number of carbonyl (C=O) groups is 1. The molecule has 0 radical (unpaired) electrons. The highest BCUT2D eigenvalue weighted by atomic mass is 35.5. The lowest BCUT2D eigenvalue weighted by atomic mass is 9.88. The molecule has 0 saturated carbocycles. The molecule has 0 N–H and O–H groups in total. The average molecular weight is 261 g/mol. The molecule has 1 aliphatic carbocycles. The van der Waals surface area contributed by atoms with Gasteiger partial charge < -0.3 is 4.90 Å². The van der Waals surface area contributed by atoms with Crippen LogP contribution in [-0.4, -0.2) is 12.2 Å². The zero-order chi connectivity index (χ0) is 15.2. The topological polar surface area (TPSA) is 20.3 Å². The van der Waals surface area contributed by atoms with Gasteiger partial charge in [0.1, 0.15) is 0 Å². The van der Waals surface area contributed by atoms with Crippen LogP contribution < -0.4 is 4.90 Å². The molecule has 1 heterocycles. The van der Waals surface area contributed by atoms with Gasteiger partial charge >= 0.3 is 0 Å². The van der Waals surface area contributed by atoms with Crippen molar-refractivity contribution in [3.05, 3.63) is 59.3 Å². The van der Waals surface area contributed by atoms with Crippen LogP contribution in [0.5, 0.6) is 0 Å². The first-order valence-corrected chi connectivity index (χ1v) is 5.99. The SMILES string of the molecule is [2H]C([2H])([2H])N1C2=CC=CCC2=C(C(=O)Cl)c2ccccc21. The normalized spacial score (nSPS) is 20.4. The van der Waals surface area contributed by atoms with E-state index in [4.69, 9.17) is 15.7 Å². The lowest BCUT2D eigenvalue weighted by Crippen LogP contribution is -2.25. The second-order valence-corrected chi connectivity index (χ2v) is 4.51. The highest BCUT2D eigenvalue weighted by Crippen LogP contribution is 2.42. The number of para-hydroxylation sites is 1. The minimum absolute atomic E-state index is 0.392. The van der Waals surface area contributed by atoms with Gasteiger partial charge in [0.2, 0.25) is 0 Å². The van der Waals surface area contributed by atoms with Crippen molar-refractivity contribution in [1.29, 1.82) is 0 Å². The number of hydrogen-bond acceptors (Lipinski definition) is 2. The number of likely N-dealkylation sites (N-methyl/N-ethyl adjacent to an activating group) is 1. The van der Waals surface area contributed by atoms with Gasteiger partial charge in [-0.2, -0.15) is 0 Å². The van der Waals surface area contributed by atoms with Crippen LogP contribution in [-0.2, 0) is 4.79 Å². The molecule has 0 amide bonds. The first-order valence-electron chi connectivity index (χ1n) is 7.11. The first-order chi connectivity index (χ1) is 9.91. The summed E-state index contributed by atoms with van der Waals surface area (Å²) in [5.74, 6) is 0. The Kier molecular flexibility index (Phi) is 1.92. The Morgan fingerprint density at radius 1 is 1.44 bits per heavy atom. The summed E-state index contributed by atoms with van der Waals surface area (Å²) < 4.78 is 23.4. The van der Waals surface area contributed by atoms with E-state index < -0.39 is 12.2 Å². The fourth-order valence-corrected chi connectivity index (χ4v) is 2.60. The molecule has 0 bridgehead atoms. The Labute approximate surface area is 115 Å². The van der Waals surface area contributed by atoms with Crippen molar-refractivity contribution >= 4 is 28.1 Å². The van der Waals surface area contributed by atoms with Gasteiger partial charge in [0, 0.05) is 33.6 Å². The molecule has 2 nitrogen and oxygen atoms in total. The smallest absolute Gasteiger partial charge is 0.253 e. The molecular formula is C15H12ClNO. The summed E-state index contributed by atoms with van der Waals surface area (Å²) in [6.45, 7) is -2.33. The number of hydrogen-bond donors (Lipinski definition) is 0. The summed E-state index contributed by atoms with van der Waals surface area (Å²) in [6, 6.07) is 6.94. The number of allylic oxidation sites excluding steroid dienone is 5. The van der Waals surface area contributed by atoms with Gasteiger partial charge in [-0.05, 0) is 35.7 Å². The molecule has 90 valence electrons. The number of nitrogens with zero attached hydrogens (tertiary/aromatic N) is 1. The molecule has 3 heteroatoms. The predicted octanol–water partition coefficient (Wildman–Crippen LogP) is 3.50. The molecule has 3 rings (SSSR count). The van der Waals surface area contributed by atoms with Crippen LogP contribution in [0.4, 0.5) is 5.69 Å². The Morgan fingerprint density at radius 2 is 2.28 bits per heavy atom. The molecule has 2 aliphatic rings. The number of halogens is 1. The maximum absolute atomic E-state index is 11.9. The molecule has 0 fully saturated rings. The van der Waals surface area contributed by atoms with E-state index in [-0.39, 0.29) is 0 Å². The molecule has 1 aromatic carbocycles. The standard InChI is InChI=1S/C15H12ClNO/c1-17-12-8-4-2-6-10(12)14(15(16)18)11-7-3-5-9-13(11)17/h2-6,8-9H,7H2,1H3/i1D3. The van der Waals surface area contributed by atoms with Crippen molar-refractivity contribution in [2.75, 3.05) is 11.9 Å². The van der Waals surface area contributed by atoms with Crippen LogP contribution in [0.1, 0.15) is 16.1 Å². The minimum atomic E-state index is -2.33. The number of rotatable bonds is 1. The van der Waals surface area contributed by atoms with Crippen LogP contribution in [0, 0.1) is 0 Å². The molecule has 1 aliphatic heterocycles. The van der Waals surface area contributed by atoms with Gasteiger partial charge in [-0.1, -0.05) is 30.4 Å². The quantitative estimate of drug-likeness (QED) is 0.721. The molecule has 1 aromatic rings. The summed E-state index contributed by atoms with van der Waals surface area (Å²) in [5, 5.41) is -0.566. The maximum Gasteiger partial charge on any atom is 0.253 e. The monoisotopic (exact) mass is 260 g/mol. The Hall–Kier alpha value is -1.80. The third-order valence-electron chi connectivity index (χ3n) is 3.17. The third-order valence-corrected chi connectivity index (χ3v) is 3.36. The number of benzene rings is 1. The van der Waals surface area contributed by atoms with Gasteiger partial charge in [-0.15, -0.1) is 0 Å². The van der Waals surface area contributed by atoms with E-state index in [0.29, 0.717) is 34.5 Å². The molecule has 0 aromatic heterocycles. The molecule has 0 spiro atoms. The van der Waals surface area contributed by atoms with Crippen molar-refractivity contribution in [2.24, 2.45) is 0 Å². The molecule has 0 unspecified atom stereocenters. The van der Waals surface area contributed by atoms with Crippen molar-refractivity contribution < 1.29 is 8.91 Å². The van der Waals surface area contributed by atoms with Crippen molar-refractivity contribution in [1.82, 2.24) is 0 Å². The van der Waals surface area contributed by atoms with Crippen molar-refractivity contribution in [2.45, 2.75) is 6.42 Å². The fourth-order valence-electron chi connectivity index (χ4n) is 2.39. The molecule has 0 saturated heterocycles. The van der Waals surface area contributed by atoms with E-state index in [1.165, 1.54) is 4.90 Å². The van der Waals surface area contributed by atoms with Gasteiger partial charge in [0.25, 0.3) is 5.24 Å². The van der Waals surface area contributed by atoms with E-state index in [1.807, 2.05) is 6.08 Å². The average Bonchev–Trinajstić information content (AvgIpc) is 2.42.